The minimum absolute atomic E-state index is 0.116. The van der Waals surface area contributed by atoms with E-state index in [0.717, 1.165) is 18.7 Å². The second-order valence-corrected chi connectivity index (χ2v) is 4.58. The highest BCUT2D eigenvalue weighted by molar-refractivity contribution is 5.30. The third kappa shape index (κ3) is 5.90. The van der Waals surface area contributed by atoms with Gasteiger partial charge in [0.15, 0.2) is 6.29 Å². The summed E-state index contributed by atoms with van der Waals surface area (Å²) in [6.07, 6.45) is 0.728. The fraction of sp³-hybridized carbons (Fsp3) is 0.625. The standard InChI is InChI=1S/C16H27NO3/c1-5-19-16(20-6-2)10-11-17-13(3)14-8-7-9-15(12-14)18-4/h7-9,12-13,16-17H,5-6,10-11H2,1-4H3/t13-/m0/s1. The Kier molecular flexibility index (Phi) is 8.26. The fourth-order valence-corrected chi connectivity index (χ4v) is 2.03. The molecule has 0 bridgehead atoms. The Morgan fingerprint density at radius 3 is 2.45 bits per heavy atom. The van der Waals surface area contributed by atoms with Gasteiger partial charge in [-0.2, -0.15) is 0 Å². The number of benzene rings is 1. The van der Waals surface area contributed by atoms with Crippen molar-refractivity contribution >= 4 is 0 Å². The van der Waals surface area contributed by atoms with Crippen LogP contribution in [0.4, 0.5) is 0 Å². The van der Waals surface area contributed by atoms with Gasteiger partial charge in [-0.05, 0) is 38.5 Å². The average Bonchev–Trinajstić information content (AvgIpc) is 2.47. The van der Waals surface area contributed by atoms with Crippen LogP contribution in [0.25, 0.3) is 0 Å². The summed E-state index contributed by atoms with van der Waals surface area (Å²) in [4.78, 5) is 0. The quantitative estimate of drug-likeness (QED) is 0.669. The van der Waals surface area contributed by atoms with Gasteiger partial charge in [-0.1, -0.05) is 12.1 Å². The van der Waals surface area contributed by atoms with Crippen molar-refractivity contribution in [1.29, 1.82) is 0 Å². The molecule has 114 valence electrons. The summed E-state index contributed by atoms with van der Waals surface area (Å²) in [5.41, 5.74) is 1.22. The molecule has 0 fully saturated rings. The van der Waals surface area contributed by atoms with Crippen LogP contribution in [-0.2, 0) is 9.47 Å². The molecule has 20 heavy (non-hydrogen) atoms. The molecule has 0 saturated carbocycles. The summed E-state index contributed by atoms with van der Waals surface area (Å²) in [6, 6.07) is 8.39. The molecular formula is C16H27NO3. The summed E-state index contributed by atoms with van der Waals surface area (Å²) in [5.74, 6) is 0.887. The first-order valence-corrected chi connectivity index (χ1v) is 7.31. The monoisotopic (exact) mass is 281 g/mol. The Labute approximate surface area is 122 Å². The minimum atomic E-state index is -0.116. The normalized spacial score (nSPS) is 12.7. The molecule has 0 saturated heterocycles. The van der Waals surface area contributed by atoms with E-state index in [9.17, 15) is 0 Å². The average molecular weight is 281 g/mol. The van der Waals surface area contributed by atoms with Crippen LogP contribution in [0.2, 0.25) is 0 Å². The van der Waals surface area contributed by atoms with Gasteiger partial charge in [0.05, 0.1) is 7.11 Å². The van der Waals surface area contributed by atoms with Crippen molar-refractivity contribution in [2.45, 2.75) is 39.5 Å². The molecule has 0 radical (unpaired) electrons. The molecular weight excluding hydrogens is 254 g/mol. The van der Waals surface area contributed by atoms with Crippen LogP contribution in [0.15, 0.2) is 24.3 Å². The molecule has 0 aliphatic heterocycles. The lowest BCUT2D eigenvalue weighted by atomic mass is 10.1. The first-order chi connectivity index (χ1) is 9.71. The summed E-state index contributed by atoms with van der Waals surface area (Å²) < 4.78 is 16.3. The van der Waals surface area contributed by atoms with Gasteiger partial charge in [0, 0.05) is 32.2 Å². The molecule has 1 aromatic carbocycles. The Bertz CT molecular complexity index is 364. The van der Waals surface area contributed by atoms with Crippen LogP contribution in [-0.4, -0.2) is 33.2 Å². The molecule has 0 amide bonds. The third-order valence-corrected chi connectivity index (χ3v) is 3.13. The van der Waals surface area contributed by atoms with Crippen LogP contribution in [0.1, 0.15) is 38.8 Å². The second-order valence-electron chi connectivity index (χ2n) is 4.58. The summed E-state index contributed by atoms with van der Waals surface area (Å²) in [7, 11) is 1.69. The van der Waals surface area contributed by atoms with Crippen molar-refractivity contribution in [3.05, 3.63) is 29.8 Å². The lowest BCUT2D eigenvalue weighted by Gasteiger charge is -2.19. The molecule has 0 spiro atoms. The van der Waals surface area contributed by atoms with Crippen LogP contribution < -0.4 is 10.1 Å². The van der Waals surface area contributed by atoms with E-state index in [-0.39, 0.29) is 12.3 Å². The highest BCUT2D eigenvalue weighted by Gasteiger charge is 2.10. The van der Waals surface area contributed by atoms with Crippen LogP contribution in [0, 0.1) is 0 Å². The molecule has 4 heteroatoms. The zero-order valence-corrected chi connectivity index (χ0v) is 13.0. The Morgan fingerprint density at radius 2 is 1.85 bits per heavy atom. The molecule has 0 aliphatic rings. The van der Waals surface area contributed by atoms with E-state index < -0.39 is 0 Å². The molecule has 1 rings (SSSR count). The number of hydrogen-bond acceptors (Lipinski definition) is 4. The zero-order valence-electron chi connectivity index (χ0n) is 13.0. The predicted octanol–water partition coefficient (Wildman–Crippen LogP) is 3.14. The van der Waals surface area contributed by atoms with E-state index in [0.29, 0.717) is 13.2 Å². The first kappa shape index (κ1) is 17.0. The second kappa shape index (κ2) is 9.75. The van der Waals surface area contributed by atoms with Gasteiger partial charge in [0.1, 0.15) is 5.75 Å². The Balaban J connectivity index is 2.39. The zero-order chi connectivity index (χ0) is 14.8. The Hall–Kier alpha value is -1.10. The fourth-order valence-electron chi connectivity index (χ4n) is 2.03. The van der Waals surface area contributed by atoms with Crippen LogP contribution in [0.5, 0.6) is 5.75 Å². The van der Waals surface area contributed by atoms with Crippen molar-refractivity contribution in [2.24, 2.45) is 0 Å². The van der Waals surface area contributed by atoms with Gasteiger partial charge in [0.25, 0.3) is 0 Å². The highest BCUT2D eigenvalue weighted by Crippen LogP contribution is 2.18. The van der Waals surface area contributed by atoms with Gasteiger partial charge in [-0.3, -0.25) is 0 Å². The number of rotatable bonds is 10. The SMILES string of the molecule is CCOC(CCN[C@@H](C)c1cccc(OC)c1)OCC. The smallest absolute Gasteiger partial charge is 0.158 e. The summed E-state index contributed by atoms with van der Waals surface area (Å²) in [6.45, 7) is 8.32. The van der Waals surface area contributed by atoms with E-state index in [1.54, 1.807) is 7.11 Å². The maximum absolute atomic E-state index is 5.52. The number of nitrogens with one attached hydrogen (secondary N) is 1. The van der Waals surface area contributed by atoms with Gasteiger partial charge >= 0.3 is 0 Å². The van der Waals surface area contributed by atoms with E-state index in [4.69, 9.17) is 14.2 Å². The maximum Gasteiger partial charge on any atom is 0.158 e. The molecule has 0 aliphatic carbocycles. The van der Waals surface area contributed by atoms with Crippen molar-refractivity contribution in [3.8, 4) is 5.75 Å². The van der Waals surface area contributed by atoms with E-state index in [2.05, 4.69) is 24.4 Å². The summed E-state index contributed by atoms with van der Waals surface area (Å²) in [5, 5.41) is 3.48. The molecule has 0 aromatic heterocycles. The lowest BCUT2D eigenvalue weighted by molar-refractivity contribution is -0.138. The number of ether oxygens (including phenoxy) is 3. The molecule has 1 aromatic rings. The van der Waals surface area contributed by atoms with Gasteiger partial charge in [0.2, 0.25) is 0 Å². The van der Waals surface area contributed by atoms with E-state index in [1.807, 2.05) is 26.0 Å². The van der Waals surface area contributed by atoms with E-state index in [1.165, 1.54) is 5.56 Å². The number of hydrogen-bond donors (Lipinski definition) is 1. The highest BCUT2D eigenvalue weighted by atomic mass is 16.7. The largest absolute Gasteiger partial charge is 0.497 e. The molecule has 4 nitrogen and oxygen atoms in total. The van der Waals surface area contributed by atoms with Crippen molar-refractivity contribution in [1.82, 2.24) is 5.32 Å². The van der Waals surface area contributed by atoms with Gasteiger partial charge in [-0.15, -0.1) is 0 Å². The van der Waals surface area contributed by atoms with Crippen molar-refractivity contribution < 1.29 is 14.2 Å². The van der Waals surface area contributed by atoms with Gasteiger partial charge in [-0.25, -0.2) is 0 Å². The topological polar surface area (TPSA) is 39.7 Å². The molecule has 1 N–H and O–H groups in total. The van der Waals surface area contributed by atoms with Crippen molar-refractivity contribution in [2.75, 3.05) is 26.9 Å². The maximum atomic E-state index is 5.52. The number of methoxy groups -OCH3 is 1. The van der Waals surface area contributed by atoms with Crippen LogP contribution >= 0.6 is 0 Å². The lowest BCUT2D eigenvalue weighted by Crippen LogP contribution is -2.26. The molecule has 0 heterocycles. The van der Waals surface area contributed by atoms with Gasteiger partial charge < -0.3 is 19.5 Å². The van der Waals surface area contributed by atoms with Crippen LogP contribution in [0.3, 0.4) is 0 Å². The third-order valence-electron chi connectivity index (χ3n) is 3.13. The van der Waals surface area contributed by atoms with Crippen molar-refractivity contribution in [3.63, 3.8) is 0 Å². The molecule has 1 atom stereocenters. The Morgan fingerprint density at radius 1 is 1.15 bits per heavy atom. The summed E-state index contributed by atoms with van der Waals surface area (Å²) >= 11 is 0. The predicted molar refractivity (Wildman–Crippen MR) is 81.1 cm³/mol. The first-order valence-electron chi connectivity index (χ1n) is 7.31. The molecule has 0 unspecified atom stereocenters. The van der Waals surface area contributed by atoms with E-state index >= 15 is 0 Å². The minimum Gasteiger partial charge on any atom is -0.497 e.